The number of rotatable bonds is 6. The second-order valence-electron chi connectivity index (χ2n) is 7.54. The van der Waals surface area contributed by atoms with E-state index in [0.717, 1.165) is 11.8 Å². The van der Waals surface area contributed by atoms with Gasteiger partial charge in [-0.3, -0.25) is 0 Å². The van der Waals surface area contributed by atoms with Crippen LogP contribution in [-0.4, -0.2) is 26.2 Å². The summed E-state index contributed by atoms with van der Waals surface area (Å²) < 4.78 is 0. The van der Waals surface area contributed by atoms with Crippen molar-refractivity contribution in [2.45, 2.75) is 53.4 Å². The summed E-state index contributed by atoms with van der Waals surface area (Å²) in [5.41, 5.74) is 1.07. The number of piperidine rings is 1. The summed E-state index contributed by atoms with van der Waals surface area (Å²) in [5, 5.41) is 7.12. The molecule has 0 radical (unpaired) electrons. The zero-order valence-electron chi connectivity index (χ0n) is 12.8. The topological polar surface area (TPSA) is 24.1 Å². The maximum absolute atomic E-state index is 3.68. The van der Waals surface area contributed by atoms with Crippen LogP contribution < -0.4 is 10.6 Å². The van der Waals surface area contributed by atoms with Crippen LogP contribution >= 0.6 is 0 Å². The minimum atomic E-state index is 0.537. The molecular formula is C16H32N2. The summed E-state index contributed by atoms with van der Waals surface area (Å²) in [4.78, 5) is 0. The molecule has 2 heteroatoms. The predicted octanol–water partition coefficient (Wildman–Crippen LogP) is 3.04. The van der Waals surface area contributed by atoms with Crippen molar-refractivity contribution in [1.82, 2.24) is 10.6 Å². The molecule has 0 spiro atoms. The molecule has 2 aliphatic rings. The summed E-state index contributed by atoms with van der Waals surface area (Å²) in [6.45, 7) is 14.6. The lowest BCUT2D eigenvalue weighted by molar-refractivity contribution is 0.343. The van der Waals surface area contributed by atoms with Crippen LogP contribution in [-0.2, 0) is 0 Å². The fourth-order valence-corrected chi connectivity index (χ4v) is 3.78. The Kier molecular flexibility index (Phi) is 4.38. The highest BCUT2D eigenvalue weighted by molar-refractivity contribution is 5.12. The fraction of sp³-hybridized carbons (Fsp3) is 1.00. The Labute approximate surface area is 113 Å². The first-order valence-electron chi connectivity index (χ1n) is 7.87. The van der Waals surface area contributed by atoms with Gasteiger partial charge in [0.05, 0.1) is 0 Å². The van der Waals surface area contributed by atoms with E-state index in [2.05, 4.69) is 38.3 Å². The van der Waals surface area contributed by atoms with Gasteiger partial charge in [-0.1, -0.05) is 27.7 Å². The van der Waals surface area contributed by atoms with Gasteiger partial charge < -0.3 is 10.6 Å². The van der Waals surface area contributed by atoms with Crippen LogP contribution in [0.5, 0.6) is 0 Å². The largest absolute Gasteiger partial charge is 0.317 e. The maximum Gasteiger partial charge on any atom is -0.000989 e. The van der Waals surface area contributed by atoms with Gasteiger partial charge in [-0.15, -0.1) is 0 Å². The average Bonchev–Trinajstić information content (AvgIpc) is 2.72. The Bertz CT molecular complexity index is 250. The first-order chi connectivity index (χ1) is 8.46. The van der Waals surface area contributed by atoms with E-state index in [-0.39, 0.29) is 0 Å². The molecule has 0 bridgehead atoms. The molecule has 1 heterocycles. The third-order valence-corrected chi connectivity index (χ3v) is 6.09. The van der Waals surface area contributed by atoms with Gasteiger partial charge in [0.15, 0.2) is 0 Å². The molecule has 1 aliphatic carbocycles. The standard InChI is InChI=1S/C16H32N2/c1-15(2)14(16(15,3)4)12-18-9-5-6-13-7-10-17-11-8-13/h13-14,17-18H,5-12H2,1-4H3. The van der Waals surface area contributed by atoms with E-state index in [4.69, 9.17) is 0 Å². The highest BCUT2D eigenvalue weighted by Crippen LogP contribution is 2.67. The lowest BCUT2D eigenvalue weighted by atomic mass is 9.93. The molecule has 0 aromatic carbocycles. The first kappa shape index (κ1) is 14.3. The minimum absolute atomic E-state index is 0.537. The third-order valence-electron chi connectivity index (χ3n) is 6.09. The smallest absolute Gasteiger partial charge is 0.000989 e. The van der Waals surface area contributed by atoms with Crippen LogP contribution in [0.4, 0.5) is 0 Å². The molecule has 0 unspecified atom stereocenters. The monoisotopic (exact) mass is 252 g/mol. The molecule has 0 aromatic heterocycles. The molecular weight excluding hydrogens is 220 g/mol. The Morgan fingerprint density at radius 3 is 2.22 bits per heavy atom. The van der Waals surface area contributed by atoms with Crippen LogP contribution in [0.1, 0.15) is 53.4 Å². The lowest BCUT2D eigenvalue weighted by Gasteiger charge is -2.22. The summed E-state index contributed by atoms with van der Waals surface area (Å²) >= 11 is 0. The summed E-state index contributed by atoms with van der Waals surface area (Å²) in [6, 6.07) is 0. The molecule has 1 saturated heterocycles. The Morgan fingerprint density at radius 2 is 1.67 bits per heavy atom. The van der Waals surface area contributed by atoms with Crippen LogP contribution in [0.25, 0.3) is 0 Å². The van der Waals surface area contributed by atoms with Gasteiger partial charge in [0.2, 0.25) is 0 Å². The highest BCUT2D eigenvalue weighted by atomic mass is 14.9. The van der Waals surface area contributed by atoms with Crippen LogP contribution in [0, 0.1) is 22.7 Å². The van der Waals surface area contributed by atoms with Crippen LogP contribution in [0.15, 0.2) is 0 Å². The van der Waals surface area contributed by atoms with Crippen molar-refractivity contribution in [2.24, 2.45) is 22.7 Å². The molecule has 0 aromatic rings. The van der Waals surface area contributed by atoms with Gasteiger partial charge in [0, 0.05) is 0 Å². The maximum atomic E-state index is 3.68. The third kappa shape index (κ3) is 2.91. The number of hydrogen-bond donors (Lipinski definition) is 2. The van der Waals surface area contributed by atoms with Gasteiger partial charge in [0.1, 0.15) is 0 Å². The molecule has 2 N–H and O–H groups in total. The van der Waals surface area contributed by atoms with Crippen molar-refractivity contribution in [2.75, 3.05) is 26.2 Å². The quantitative estimate of drug-likeness (QED) is 0.710. The molecule has 2 nitrogen and oxygen atoms in total. The molecule has 1 saturated carbocycles. The normalized spacial score (nSPS) is 27.3. The SMILES string of the molecule is CC1(C)C(CNCCCC2CCNCC2)C1(C)C. The van der Waals surface area contributed by atoms with E-state index >= 15 is 0 Å². The molecule has 0 atom stereocenters. The first-order valence-corrected chi connectivity index (χ1v) is 7.87. The molecule has 0 amide bonds. The molecule has 2 rings (SSSR count). The summed E-state index contributed by atoms with van der Waals surface area (Å²) in [5.74, 6) is 1.85. The Morgan fingerprint density at radius 1 is 1.06 bits per heavy atom. The van der Waals surface area contributed by atoms with Crippen LogP contribution in [0.3, 0.4) is 0 Å². The van der Waals surface area contributed by atoms with Gasteiger partial charge in [0.25, 0.3) is 0 Å². The average molecular weight is 252 g/mol. The Hall–Kier alpha value is -0.0800. The van der Waals surface area contributed by atoms with Crippen molar-refractivity contribution < 1.29 is 0 Å². The fourth-order valence-electron chi connectivity index (χ4n) is 3.78. The van der Waals surface area contributed by atoms with Crippen molar-refractivity contribution in [3.8, 4) is 0 Å². The minimum Gasteiger partial charge on any atom is -0.317 e. The van der Waals surface area contributed by atoms with Crippen molar-refractivity contribution in [3.63, 3.8) is 0 Å². The van der Waals surface area contributed by atoms with E-state index in [1.165, 1.54) is 51.9 Å². The predicted molar refractivity (Wildman–Crippen MR) is 78.7 cm³/mol. The van der Waals surface area contributed by atoms with Crippen molar-refractivity contribution in [1.29, 1.82) is 0 Å². The molecule has 1 aliphatic heterocycles. The van der Waals surface area contributed by atoms with E-state index in [0.29, 0.717) is 10.8 Å². The second kappa shape index (κ2) is 5.50. The molecule has 18 heavy (non-hydrogen) atoms. The number of nitrogens with one attached hydrogen (secondary N) is 2. The summed E-state index contributed by atoms with van der Waals surface area (Å²) in [7, 11) is 0. The highest BCUT2D eigenvalue weighted by Gasteiger charge is 2.63. The zero-order chi connectivity index (χ0) is 13.2. The van der Waals surface area contributed by atoms with E-state index in [9.17, 15) is 0 Å². The van der Waals surface area contributed by atoms with Gasteiger partial charge >= 0.3 is 0 Å². The van der Waals surface area contributed by atoms with Gasteiger partial charge in [-0.25, -0.2) is 0 Å². The van der Waals surface area contributed by atoms with Crippen molar-refractivity contribution in [3.05, 3.63) is 0 Å². The second-order valence-corrected chi connectivity index (χ2v) is 7.54. The summed E-state index contributed by atoms with van der Waals surface area (Å²) in [6.07, 6.45) is 5.57. The lowest BCUT2D eigenvalue weighted by Crippen LogP contribution is -2.28. The van der Waals surface area contributed by atoms with E-state index < -0.39 is 0 Å². The molecule has 106 valence electrons. The molecule has 2 fully saturated rings. The van der Waals surface area contributed by atoms with Gasteiger partial charge in [-0.2, -0.15) is 0 Å². The van der Waals surface area contributed by atoms with Crippen LogP contribution in [0.2, 0.25) is 0 Å². The zero-order valence-corrected chi connectivity index (χ0v) is 12.8. The van der Waals surface area contributed by atoms with Gasteiger partial charge in [-0.05, 0) is 74.5 Å². The van der Waals surface area contributed by atoms with E-state index in [1.807, 2.05) is 0 Å². The Balaban J connectivity index is 1.52. The van der Waals surface area contributed by atoms with E-state index in [1.54, 1.807) is 0 Å². The van der Waals surface area contributed by atoms with Crippen molar-refractivity contribution >= 4 is 0 Å². The number of hydrogen-bond acceptors (Lipinski definition) is 2.